The van der Waals surface area contributed by atoms with Crippen molar-refractivity contribution >= 4 is 0 Å². The molecule has 0 spiro atoms. The average molecular weight is 208 g/mol. The van der Waals surface area contributed by atoms with Gasteiger partial charge in [0.05, 0.1) is 13.2 Å². The molecule has 2 heterocycles. The van der Waals surface area contributed by atoms with Crippen molar-refractivity contribution in [2.45, 2.75) is 25.7 Å². The van der Waals surface area contributed by atoms with E-state index in [1.807, 2.05) is 6.20 Å². The molecule has 0 aromatic carbocycles. The first-order chi connectivity index (χ1) is 7.08. The van der Waals surface area contributed by atoms with Crippen LogP contribution in [0.5, 0.6) is 0 Å². The summed E-state index contributed by atoms with van der Waals surface area (Å²) < 4.78 is 5.40. The van der Waals surface area contributed by atoms with Gasteiger partial charge in [-0.1, -0.05) is 13.8 Å². The van der Waals surface area contributed by atoms with E-state index in [1.165, 1.54) is 5.56 Å². The average Bonchev–Trinajstić information content (AvgIpc) is 2.64. The first-order valence-corrected chi connectivity index (χ1v) is 5.49. The van der Waals surface area contributed by atoms with E-state index < -0.39 is 0 Å². The summed E-state index contributed by atoms with van der Waals surface area (Å²) in [6.45, 7) is 6.82. The third-order valence-electron chi connectivity index (χ3n) is 3.34. The number of hydrogen-bond acceptors (Lipinski definition) is 2. The molecule has 3 nitrogen and oxygen atoms in total. The number of H-pyrrole nitrogens is 1. The number of nitrogens with two attached hydrogens (primary N) is 1. The van der Waals surface area contributed by atoms with Crippen molar-refractivity contribution in [2.75, 3.05) is 19.8 Å². The third kappa shape index (κ3) is 1.94. The molecule has 0 amide bonds. The van der Waals surface area contributed by atoms with Crippen LogP contribution in [0.1, 0.15) is 25.8 Å². The summed E-state index contributed by atoms with van der Waals surface area (Å²) >= 11 is 0. The Hall–Kier alpha value is -0.800. The van der Waals surface area contributed by atoms with Gasteiger partial charge in [-0.2, -0.15) is 0 Å². The molecule has 0 atom stereocenters. The molecular formula is C12H20N2O. The Morgan fingerprint density at radius 3 is 2.67 bits per heavy atom. The quantitative estimate of drug-likeness (QED) is 0.790. The van der Waals surface area contributed by atoms with Crippen LogP contribution in [0.3, 0.4) is 0 Å². The highest BCUT2D eigenvalue weighted by Crippen LogP contribution is 2.41. The molecular weight excluding hydrogens is 188 g/mol. The van der Waals surface area contributed by atoms with Gasteiger partial charge >= 0.3 is 0 Å². The van der Waals surface area contributed by atoms with Gasteiger partial charge < -0.3 is 15.5 Å². The van der Waals surface area contributed by atoms with Crippen LogP contribution in [0.25, 0.3) is 0 Å². The van der Waals surface area contributed by atoms with E-state index in [0.29, 0.717) is 0 Å². The molecule has 0 aliphatic carbocycles. The van der Waals surface area contributed by atoms with Crippen LogP contribution < -0.4 is 5.73 Å². The predicted octanol–water partition coefficient (Wildman–Crippen LogP) is 1.66. The van der Waals surface area contributed by atoms with Crippen LogP contribution in [-0.4, -0.2) is 24.7 Å². The van der Waals surface area contributed by atoms with E-state index in [2.05, 4.69) is 31.1 Å². The lowest BCUT2D eigenvalue weighted by molar-refractivity contribution is -0.0785. The highest BCUT2D eigenvalue weighted by Gasteiger charge is 2.44. The van der Waals surface area contributed by atoms with Crippen molar-refractivity contribution in [3.8, 4) is 0 Å². The number of nitrogens with one attached hydrogen (secondary N) is 1. The molecule has 1 saturated heterocycles. The maximum Gasteiger partial charge on any atom is 0.0586 e. The summed E-state index contributed by atoms with van der Waals surface area (Å²) in [7, 11) is 0. The molecule has 3 N–H and O–H groups in total. The molecule has 84 valence electrons. The molecule has 1 aromatic rings. The van der Waals surface area contributed by atoms with Gasteiger partial charge in [-0.15, -0.1) is 0 Å². The zero-order chi connectivity index (χ0) is 10.9. The summed E-state index contributed by atoms with van der Waals surface area (Å²) in [4.78, 5) is 3.12. The van der Waals surface area contributed by atoms with Crippen molar-refractivity contribution in [2.24, 2.45) is 11.1 Å². The van der Waals surface area contributed by atoms with Crippen LogP contribution in [0.2, 0.25) is 0 Å². The summed E-state index contributed by atoms with van der Waals surface area (Å²) in [5.41, 5.74) is 7.53. The fourth-order valence-corrected chi connectivity index (χ4v) is 2.36. The monoisotopic (exact) mass is 208 g/mol. The molecule has 0 saturated carbocycles. The van der Waals surface area contributed by atoms with Gasteiger partial charge in [0, 0.05) is 17.8 Å². The minimum atomic E-state index is 0.182. The van der Waals surface area contributed by atoms with E-state index in [-0.39, 0.29) is 10.8 Å². The molecule has 15 heavy (non-hydrogen) atoms. The fraction of sp³-hybridized carbons (Fsp3) is 0.667. The second-order valence-corrected chi connectivity index (χ2v) is 5.42. The molecule has 2 rings (SSSR count). The molecule has 0 bridgehead atoms. The maximum atomic E-state index is 5.80. The standard InChI is InChI=1S/C12H20N2O/c1-11(2,7-13)6-12(8-15-9-12)10-3-4-14-5-10/h3-5,14H,6-9,13H2,1-2H3. The Morgan fingerprint density at radius 2 is 2.27 bits per heavy atom. The molecule has 1 aliphatic rings. The lowest BCUT2D eigenvalue weighted by atomic mass is 9.68. The fourth-order valence-electron chi connectivity index (χ4n) is 2.36. The third-order valence-corrected chi connectivity index (χ3v) is 3.34. The Balaban J connectivity index is 2.17. The Labute approximate surface area is 91.0 Å². The highest BCUT2D eigenvalue weighted by atomic mass is 16.5. The lowest BCUT2D eigenvalue weighted by Gasteiger charge is -2.45. The number of rotatable bonds is 4. The van der Waals surface area contributed by atoms with E-state index in [9.17, 15) is 0 Å². The van der Waals surface area contributed by atoms with Gasteiger partial charge in [0.15, 0.2) is 0 Å². The SMILES string of the molecule is CC(C)(CN)CC1(c2cc[nH]c2)COC1. The van der Waals surface area contributed by atoms with E-state index >= 15 is 0 Å². The van der Waals surface area contributed by atoms with Crippen molar-refractivity contribution in [1.82, 2.24) is 4.98 Å². The van der Waals surface area contributed by atoms with Crippen molar-refractivity contribution in [3.63, 3.8) is 0 Å². The Morgan fingerprint density at radius 1 is 1.53 bits per heavy atom. The molecule has 0 radical (unpaired) electrons. The second-order valence-electron chi connectivity index (χ2n) is 5.42. The van der Waals surface area contributed by atoms with Crippen LogP contribution in [0.4, 0.5) is 0 Å². The van der Waals surface area contributed by atoms with Crippen molar-refractivity contribution in [1.29, 1.82) is 0 Å². The topological polar surface area (TPSA) is 51.0 Å². The number of aromatic amines is 1. The van der Waals surface area contributed by atoms with Crippen LogP contribution in [0, 0.1) is 5.41 Å². The number of aromatic nitrogens is 1. The van der Waals surface area contributed by atoms with Crippen molar-refractivity contribution in [3.05, 3.63) is 24.0 Å². The Kier molecular flexibility index (Phi) is 2.61. The van der Waals surface area contributed by atoms with Gasteiger partial charge in [0.1, 0.15) is 0 Å². The maximum absolute atomic E-state index is 5.80. The highest BCUT2D eigenvalue weighted by molar-refractivity contribution is 5.25. The molecule has 1 aliphatic heterocycles. The van der Waals surface area contributed by atoms with Gasteiger partial charge in [-0.25, -0.2) is 0 Å². The zero-order valence-corrected chi connectivity index (χ0v) is 9.55. The molecule has 0 unspecified atom stereocenters. The predicted molar refractivity (Wildman–Crippen MR) is 60.7 cm³/mol. The summed E-state index contributed by atoms with van der Waals surface area (Å²) in [6, 6.07) is 2.15. The second kappa shape index (κ2) is 3.65. The summed E-state index contributed by atoms with van der Waals surface area (Å²) in [6.07, 6.45) is 5.15. The summed E-state index contributed by atoms with van der Waals surface area (Å²) in [5, 5.41) is 0. The van der Waals surface area contributed by atoms with E-state index in [0.717, 1.165) is 26.2 Å². The molecule has 1 fully saturated rings. The first kappa shape index (κ1) is 10.7. The zero-order valence-electron chi connectivity index (χ0n) is 9.55. The van der Waals surface area contributed by atoms with Crippen LogP contribution >= 0.6 is 0 Å². The van der Waals surface area contributed by atoms with E-state index in [4.69, 9.17) is 10.5 Å². The summed E-state index contributed by atoms with van der Waals surface area (Å²) in [5.74, 6) is 0. The smallest absolute Gasteiger partial charge is 0.0586 e. The van der Waals surface area contributed by atoms with Crippen LogP contribution in [-0.2, 0) is 10.2 Å². The van der Waals surface area contributed by atoms with Gasteiger partial charge in [0.25, 0.3) is 0 Å². The normalized spacial score (nSPS) is 19.9. The molecule has 1 aromatic heterocycles. The largest absolute Gasteiger partial charge is 0.379 e. The number of hydrogen-bond donors (Lipinski definition) is 2. The minimum Gasteiger partial charge on any atom is -0.379 e. The van der Waals surface area contributed by atoms with Gasteiger partial charge in [-0.3, -0.25) is 0 Å². The lowest BCUT2D eigenvalue weighted by Crippen LogP contribution is -2.50. The van der Waals surface area contributed by atoms with E-state index in [1.54, 1.807) is 0 Å². The number of ether oxygens (including phenoxy) is 1. The first-order valence-electron chi connectivity index (χ1n) is 5.49. The van der Waals surface area contributed by atoms with Crippen LogP contribution in [0.15, 0.2) is 18.5 Å². The minimum absolute atomic E-state index is 0.182. The van der Waals surface area contributed by atoms with Gasteiger partial charge in [0.2, 0.25) is 0 Å². The van der Waals surface area contributed by atoms with Gasteiger partial charge in [-0.05, 0) is 30.0 Å². The van der Waals surface area contributed by atoms with Crippen molar-refractivity contribution < 1.29 is 4.74 Å². The Bertz CT molecular complexity index is 312. The molecule has 3 heteroatoms.